The number of hydrogen-bond donors (Lipinski definition) is 0. The first kappa shape index (κ1) is 23.3. The largest absolute Gasteiger partial charge is 0.102 e. The maximum absolute atomic E-state index is 2.74. The van der Waals surface area contributed by atoms with Gasteiger partial charge in [-0.1, -0.05) is 124 Å². The van der Waals surface area contributed by atoms with E-state index in [4.69, 9.17) is 0 Å². The Hall–Kier alpha value is -1.43. The van der Waals surface area contributed by atoms with E-state index < -0.39 is 24.2 Å². The van der Waals surface area contributed by atoms with E-state index in [2.05, 4.69) is 124 Å². The summed E-state index contributed by atoms with van der Waals surface area (Å²) in [6, 6.07) is 26.1. The van der Waals surface area contributed by atoms with Crippen LogP contribution < -0.4 is 0 Å². The monoisotopic (exact) mass is 486 g/mol. The summed E-state index contributed by atoms with van der Waals surface area (Å²) >= 11 is 0. The summed E-state index contributed by atoms with van der Waals surface area (Å²) in [5.74, 6) is 1.71. The minimum absolute atomic E-state index is 0.847. The van der Waals surface area contributed by atoms with Gasteiger partial charge in [-0.25, -0.2) is 0 Å². The Morgan fingerprint density at radius 3 is 1.21 bits per heavy atom. The number of benzene rings is 2. The lowest BCUT2D eigenvalue weighted by molar-refractivity contribution is 0.558. The first-order valence-electron chi connectivity index (χ1n) is 13.1. The minimum atomic E-state index is -1.76. The first-order valence-corrected chi connectivity index (χ1v) is 21.7. The Morgan fingerprint density at radius 1 is 0.545 bits per heavy atom. The van der Waals surface area contributed by atoms with Crippen molar-refractivity contribution in [1.29, 1.82) is 0 Å². The number of allylic oxidation sites excluding steroid dienone is 2. The third kappa shape index (κ3) is 3.18. The fourth-order valence-electron chi connectivity index (χ4n) is 8.34. The van der Waals surface area contributed by atoms with Gasteiger partial charge in [0.15, 0.2) is 0 Å². The summed E-state index contributed by atoms with van der Waals surface area (Å²) in [5, 5.41) is 0. The molecule has 2 aromatic rings. The molecular formula is C30H42Si3. The summed E-state index contributed by atoms with van der Waals surface area (Å²) in [6.45, 7) is 21.4. The van der Waals surface area contributed by atoms with Crippen molar-refractivity contribution in [2.45, 2.75) is 77.1 Å². The third-order valence-electron chi connectivity index (χ3n) is 10.4. The highest BCUT2D eigenvalue weighted by Crippen LogP contribution is 2.67. The second-order valence-corrected chi connectivity index (χ2v) is 27.4. The Labute approximate surface area is 205 Å². The quantitative estimate of drug-likeness (QED) is 0.371. The van der Waals surface area contributed by atoms with Crippen LogP contribution in [-0.4, -0.2) is 24.2 Å². The van der Waals surface area contributed by atoms with Gasteiger partial charge in [-0.05, 0) is 57.3 Å². The van der Waals surface area contributed by atoms with Crippen molar-refractivity contribution in [3.63, 3.8) is 0 Å². The fourth-order valence-corrected chi connectivity index (χ4v) is 33.8. The third-order valence-corrected chi connectivity index (χ3v) is 31.0. The maximum Gasteiger partial charge on any atom is 0.102 e. The van der Waals surface area contributed by atoms with Gasteiger partial charge in [0.25, 0.3) is 0 Å². The molecule has 174 valence electrons. The molecule has 2 aromatic carbocycles. The molecule has 0 unspecified atom stereocenters. The molecule has 0 nitrogen and oxygen atoms in total. The van der Waals surface area contributed by atoms with Crippen molar-refractivity contribution in [1.82, 2.24) is 0 Å². The molecule has 0 bridgehead atoms. The Morgan fingerprint density at radius 2 is 0.879 bits per heavy atom. The summed E-state index contributed by atoms with van der Waals surface area (Å²) in [7, 11) is -4.99. The maximum atomic E-state index is 2.74. The highest BCUT2D eigenvalue weighted by molar-refractivity contribution is 7.22. The van der Waals surface area contributed by atoms with Crippen molar-refractivity contribution in [2.24, 2.45) is 11.8 Å². The molecule has 3 heteroatoms. The summed E-state index contributed by atoms with van der Waals surface area (Å²) < 4.78 is 0. The van der Waals surface area contributed by atoms with Gasteiger partial charge in [-0.2, -0.15) is 0 Å². The average molecular weight is 487 g/mol. The topological polar surface area (TPSA) is 0 Å². The van der Waals surface area contributed by atoms with Crippen LogP contribution in [0.3, 0.4) is 0 Å². The number of hydrogen-bond acceptors (Lipinski definition) is 0. The van der Waals surface area contributed by atoms with Crippen LogP contribution in [0.25, 0.3) is 11.1 Å². The van der Waals surface area contributed by atoms with Gasteiger partial charge in [0.1, 0.15) is 8.07 Å². The predicted octanol–water partition coefficient (Wildman–Crippen LogP) is 9.01. The van der Waals surface area contributed by atoms with Crippen molar-refractivity contribution in [3.05, 3.63) is 81.4 Å². The zero-order valence-corrected chi connectivity index (χ0v) is 25.0. The van der Waals surface area contributed by atoms with Gasteiger partial charge in [0, 0.05) is 0 Å². The molecule has 33 heavy (non-hydrogen) atoms. The summed E-state index contributed by atoms with van der Waals surface area (Å²) in [4.78, 5) is 4.11. The van der Waals surface area contributed by atoms with Gasteiger partial charge in [-0.15, -0.1) is 0 Å². The summed E-state index contributed by atoms with van der Waals surface area (Å²) in [6.07, 6.45) is 0. The van der Waals surface area contributed by atoms with Gasteiger partial charge in [0.05, 0.1) is 16.1 Å². The second-order valence-electron chi connectivity index (χ2n) is 12.7. The molecule has 3 aliphatic rings. The van der Waals surface area contributed by atoms with Crippen molar-refractivity contribution < 1.29 is 0 Å². The van der Waals surface area contributed by atoms with E-state index in [1.807, 2.05) is 0 Å². The van der Waals surface area contributed by atoms with Gasteiger partial charge in [-0.3, -0.25) is 0 Å². The van der Waals surface area contributed by atoms with Crippen molar-refractivity contribution >= 4 is 35.4 Å². The normalized spacial score (nSPS) is 31.9. The van der Waals surface area contributed by atoms with Gasteiger partial charge in [0.2, 0.25) is 0 Å². The Balaban J connectivity index is 1.96. The smallest absolute Gasteiger partial charge is 0.0779 e. The van der Waals surface area contributed by atoms with E-state index >= 15 is 0 Å². The van der Waals surface area contributed by atoms with E-state index in [1.165, 1.54) is 23.2 Å². The molecule has 2 fully saturated rings. The molecule has 0 N–H and O–H groups in total. The predicted molar refractivity (Wildman–Crippen MR) is 154 cm³/mol. The SMILES string of the molecule is C[C@@H]1[C@@H](C)C[Si]23C[C@H](C)[C@@H](C)[Si](C)(C)C2=C(c2ccccc2)C(c2ccccc2)=C3[Si]1(C)C. The van der Waals surface area contributed by atoms with E-state index in [9.17, 15) is 0 Å². The molecule has 1 spiro atoms. The fraction of sp³-hybridized carbons (Fsp3) is 0.467. The molecule has 3 aliphatic heterocycles. The first-order chi connectivity index (χ1) is 15.5. The molecule has 0 radical (unpaired) electrons. The van der Waals surface area contributed by atoms with E-state index in [-0.39, 0.29) is 0 Å². The Bertz CT molecular complexity index is 1030. The van der Waals surface area contributed by atoms with Crippen molar-refractivity contribution in [3.8, 4) is 0 Å². The molecule has 3 heterocycles. The van der Waals surface area contributed by atoms with Gasteiger partial charge >= 0.3 is 0 Å². The van der Waals surface area contributed by atoms with E-state index in [0.29, 0.717) is 0 Å². The van der Waals surface area contributed by atoms with Crippen LogP contribution in [0.1, 0.15) is 38.8 Å². The average Bonchev–Trinajstić information content (AvgIpc) is 3.10. The molecule has 0 aliphatic carbocycles. The molecule has 0 aromatic heterocycles. The van der Waals surface area contributed by atoms with Gasteiger partial charge < -0.3 is 0 Å². The molecule has 2 saturated heterocycles. The molecule has 5 rings (SSSR count). The van der Waals surface area contributed by atoms with Crippen LogP contribution in [-0.2, 0) is 0 Å². The zero-order chi connectivity index (χ0) is 23.8. The van der Waals surface area contributed by atoms with Crippen LogP contribution in [0.4, 0.5) is 0 Å². The Kier molecular flexibility index (Phi) is 5.51. The zero-order valence-electron chi connectivity index (χ0n) is 22.0. The van der Waals surface area contributed by atoms with Crippen LogP contribution in [0, 0.1) is 11.8 Å². The second kappa shape index (κ2) is 7.79. The highest BCUT2D eigenvalue weighted by atomic mass is 28.4. The lowest BCUT2D eigenvalue weighted by atomic mass is 9.95. The van der Waals surface area contributed by atoms with Crippen LogP contribution in [0.15, 0.2) is 70.3 Å². The van der Waals surface area contributed by atoms with Crippen molar-refractivity contribution in [2.75, 3.05) is 0 Å². The summed E-state index contributed by atoms with van der Waals surface area (Å²) in [5.41, 5.74) is 8.10. The lowest BCUT2D eigenvalue weighted by Crippen LogP contribution is -2.64. The molecule has 0 amide bonds. The van der Waals surface area contributed by atoms with Crippen LogP contribution in [0.5, 0.6) is 0 Å². The van der Waals surface area contributed by atoms with Crippen LogP contribution >= 0.6 is 0 Å². The molecule has 4 atom stereocenters. The molecular weight excluding hydrogens is 445 g/mol. The van der Waals surface area contributed by atoms with E-state index in [1.54, 1.807) is 11.1 Å². The number of rotatable bonds is 2. The van der Waals surface area contributed by atoms with E-state index in [0.717, 1.165) is 22.9 Å². The highest BCUT2D eigenvalue weighted by Gasteiger charge is 2.65. The minimum Gasteiger partial charge on any atom is -0.0779 e. The lowest BCUT2D eigenvalue weighted by Gasteiger charge is -2.58. The molecule has 0 saturated carbocycles. The van der Waals surface area contributed by atoms with Crippen LogP contribution in [0.2, 0.25) is 49.4 Å². The standard InChI is InChI=1S/C30H42Si3/c1-21-19-33-20-22(2)24(4)32(7,8)30(33)28(26-17-13-10-14-18-26)27(25-15-11-9-12-16-25)29(33)31(5,6)23(21)3/h9-18,21-24H,19-20H2,1-8H3/t21-,22-,23+,24+,33?/m0/s1.